The van der Waals surface area contributed by atoms with E-state index in [1.54, 1.807) is 12.1 Å². The maximum atomic E-state index is 12.0. The number of amides is 1. The maximum absolute atomic E-state index is 12.0. The van der Waals surface area contributed by atoms with Crippen molar-refractivity contribution in [1.82, 2.24) is 10.3 Å². The van der Waals surface area contributed by atoms with Crippen LogP contribution in [0.15, 0.2) is 18.3 Å². The molecule has 0 radical (unpaired) electrons. The topological polar surface area (TPSA) is 65.8 Å². The van der Waals surface area contributed by atoms with Gasteiger partial charge in [0.2, 0.25) is 0 Å². The fourth-order valence-electron chi connectivity index (χ4n) is 2.28. The molecule has 2 rings (SSSR count). The van der Waals surface area contributed by atoms with Crippen molar-refractivity contribution in [3.8, 4) is 6.07 Å². The first-order chi connectivity index (χ1) is 8.79. The Labute approximate surface area is 107 Å². The summed E-state index contributed by atoms with van der Waals surface area (Å²) in [7, 11) is 0. The molecular weight excluding hydrogens is 226 g/mol. The summed E-state index contributed by atoms with van der Waals surface area (Å²) in [5.74, 6) is -0.133. The zero-order valence-electron chi connectivity index (χ0n) is 10.4. The second-order valence-electron chi connectivity index (χ2n) is 4.71. The van der Waals surface area contributed by atoms with Gasteiger partial charge in [0, 0.05) is 12.2 Å². The Morgan fingerprint density at radius 1 is 1.28 bits per heavy atom. The van der Waals surface area contributed by atoms with E-state index in [0.717, 1.165) is 12.8 Å². The molecule has 0 aliphatic heterocycles. The van der Waals surface area contributed by atoms with Crippen molar-refractivity contribution in [2.75, 3.05) is 0 Å². The third-order valence-electron chi connectivity index (χ3n) is 3.32. The van der Waals surface area contributed by atoms with E-state index in [4.69, 9.17) is 5.26 Å². The molecule has 1 saturated carbocycles. The quantitative estimate of drug-likeness (QED) is 0.811. The Hall–Kier alpha value is -1.89. The number of carbonyl (C=O) groups excluding carboxylic acids is 1. The van der Waals surface area contributed by atoms with Gasteiger partial charge in [-0.15, -0.1) is 0 Å². The first-order valence-corrected chi connectivity index (χ1v) is 6.46. The minimum Gasteiger partial charge on any atom is -0.348 e. The number of nitrogens with one attached hydrogen (secondary N) is 1. The van der Waals surface area contributed by atoms with Crippen LogP contribution in [0.25, 0.3) is 0 Å². The standard InChI is InChI=1S/C14H17N3O/c15-9-11-7-8-13(16-10-11)14(18)17-12-5-3-1-2-4-6-12/h7-8,10,12H,1-6H2,(H,17,18). The second-order valence-corrected chi connectivity index (χ2v) is 4.71. The summed E-state index contributed by atoms with van der Waals surface area (Å²) in [6.45, 7) is 0. The van der Waals surface area contributed by atoms with Gasteiger partial charge in [0.25, 0.3) is 5.91 Å². The van der Waals surface area contributed by atoms with E-state index in [0.29, 0.717) is 11.3 Å². The smallest absolute Gasteiger partial charge is 0.270 e. The van der Waals surface area contributed by atoms with Crippen molar-refractivity contribution < 1.29 is 4.79 Å². The molecule has 1 aliphatic carbocycles. The highest BCUT2D eigenvalue weighted by molar-refractivity contribution is 5.92. The number of rotatable bonds is 2. The molecule has 1 heterocycles. The summed E-state index contributed by atoms with van der Waals surface area (Å²) in [5.41, 5.74) is 0.860. The van der Waals surface area contributed by atoms with Crippen molar-refractivity contribution in [3.63, 3.8) is 0 Å². The van der Waals surface area contributed by atoms with Crippen LogP contribution in [0.2, 0.25) is 0 Å². The van der Waals surface area contributed by atoms with Gasteiger partial charge >= 0.3 is 0 Å². The van der Waals surface area contributed by atoms with E-state index in [2.05, 4.69) is 10.3 Å². The summed E-state index contributed by atoms with van der Waals surface area (Å²) in [4.78, 5) is 16.0. The van der Waals surface area contributed by atoms with E-state index in [9.17, 15) is 4.79 Å². The van der Waals surface area contributed by atoms with Crippen LogP contribution in [0.1, 0.15) is 54.6 Å². The van der Waals surface area contributed by atoms with E-state index < -0.39 is 0 Å². The molecule has 1 fully saturated rings. The van der Waals surface area contributed by atoms with Crippen LogP contribution in [-0.4, -0.2) is 16.9 Å². The zero-order valence-corrected chi connectivity index (χ0v) is 10.4. The van der Waals surface area contributed by atoms with Crippen molar-refractivity contribution in [1.29, 1.82) is 5.26 Å². The average molecular weight is 243 g/mol. The number of hydrogen-bond acceptors (Lipinski definition) is 3. The molecule has 0 unspecified atom stereocenters. The molecule has 4 nitrogen and oxygen atoms in total. The molecule has 0 aromatic carbocycles. The zero-order chi connectivity index (χ0) is 12.8. The Morgan fingerprint density at radius 2 is 2.00 bits per heavy atom. The fraction of sp³-hybridized carbons (Fsp3) is 0.500. The lowest BCUT2D eigenvalue weighted by atomic mass is 10.1. The first-order valence-electron chi connectivity index (χ1n) is 6.46. The summed E-state index contributed by atoms with van der Waals surface area (Å²) >= 11 is 0. The molecule has 0 spiro atoms. The van der Waals surface area contributed by atoms with Crippen LogP contribution < -0.4 is 5.32 Å². The monoisotopic (exact) mass is 243 g/mol. The number of carbonyl (C=O) groups is 1. The molecule has 0 atom stereocenters. The third kappa shape index (κ3) is 3.30. The molecule has 18 heavy (non-hydrogen) atoms. The van der Waals surface area contributed by atoms with Crippen LogP contribution >= 0.6 is 0 Å². The van der Waals surface area contributed by atoms with Gasteiger partial charge in [-0.05, 0) is 25.0 Å². The van der Waals surface area contributed by atoms with Gasteiger partial charge in [0.1, 0.15) is 11.8 Å². The van der Waals surface area contributed by atoms with Gasteiger partial charge in [0.15, 0.2) is 0 Å². The number of nitrogens with zero attached hydrogens (tertiary/aromatic N) is 2. The van der Waals surface area contributed by atoms with Gasteiger partial charge in [-0.1, -0.05) is 25.7 Å². The van der Waals surface area contributed by atoms with E-state index in [1.165, 1.54) is 31.9 Å². The summed E-state index contributed by atoms with van der Waals surface area (Å²) in [6, 6.07) is 5.49. The predicted molar refractivity (Wildman–Crippen MR) is 67.9 cm³/mol. The Morgan fingerprint density at radius 3 is 2.56 bits per heavy atom. The minimum absolute atomic E-state index is 0.133. The Bertz CT molecular complexity index is 439. The molecule has 1 aromatic heterocycles. The molecule has 1 N–H and O–H groups in total. The van der Waals surface area contributed by atoms with E-state index >= 15 is 0 Å². The molecule has 1 aromatic rings. The number of nitriles is 1. The highest BCUT2D eigenvalue weighted by atomic mass is 16.1. The average Bonchev–Trinajstić information content (AvgIpc) is 2.67. The van der Waals surface area contributed by atoms with E-state index in [-0.39, 0.29) is 11.9 Å². The highest BCUT2D eigenvalue weighted by Crippen LogP contribution is 2.17. The molecule has 0 bridgehead atoms. The van der Waals surface area contributed by atoms with Crippen molar-refractivity contribution in [2.24, 2.45) is 0 Å². The van der Waals surface area contributed by atoms with E-state index in [1.807, 2.05) is 6.07 Å². The van der Waals surface area contributed by atoms with Gasteiger partial charge in [-0.25, -0.2) is 4.98 Å². The van der Waals surface area contributed by atoms with Gasteiger partial charge < -0.3 is 5.32 Å². The van der Waals surface area contributed by atoms with Gasteiger partial charge in [0.05, 0.1) is 5.56 Å². The van der Waals surface area contributed by atoms with Crippen molar-refractivity contribution >= 4 is 5.91 Å². The summed E-state index contributed by atoms with van der Waals surface area (Å²) < 4.78 is 0. The van der Waals surface area contributed by atoms with Gasteiger partial charge in [-0.2, -0.15) is 5.26 Å². The lowest BCUT2D eigenvalue weighted by Crippen LogP contribution is -2.34. The Kier molecular flexibility index (Phi) is 4.30. The summed E-state index contributed by atoms with van der Waals surface area (Å²) in [5, 5.41) is 11.7. The molecule has 1 aliphatic rings. The lowest BCUT2D eigenvalue weighted by molar-refractivity contribution is 0.0928. The third-order valence-corrected chi connectivity index (χ3v) is 3.32. The molecule has 4 heteroatoms. The lowest BCUT2D eigenvalue weighted by Gasteiger charge is -2.15. The predicted octanol–water partition coefficient (Wildman–Crippen LogP) is 2.41. The Balaban J connectivity index is 1.95. The largest absolute Gasteiger partial charge is 0.348 e. The summed E-state index contributed by atoms with van der Waals surface area (Å²) in [6.07, 6.45) is 8.45. The molecule has 94 valence electrons. The number of hydrogen-bond donors (Lipinski definition) is 1. The molecule has 0 saturated heterocycles. The van der Waals surface area contributed by atoms with Gasteiger partial charge in [-0.3, -0.25) is 4.79 Å². The van der Waals surface area contributed by atoms with Crippen molar-refractivity contribution in [2.45, 2.75) is 44.6 Å². The van der Waals surface area contributed by atoms with Crippen LogP contribution in [0, 0.1) is 11.3 Å². The maximum Gasteiger partial charge on any atom is 0.270 e. The fourth-order valence-corrected chi connectivity index (χ4v) is 2.28. The van der Waals surface area contributed by atoms with Crippen LogP contribution in [0.5, 0.6) is 0 Å². The van der Waals surface area contributed by atoms with Crippen LogP contribution in [-0.2, 0) is 0 Å². The number of aromatic nitrogens is 1. The normalized spacial score (nSPS) is 16.6. The van der Waals surface area contributed by atoms with Crippen molar-refractivity contribution in [3.05, 3.63) is 29.6 Å². The molecular formula is C14H17N3O. The van der Waals surface area contributed by atoms with Crippen LogP contribution in [0.3, 0.4) is 0 Å². The molecule has 1 amide bonds. The SMILES string of the molecule is N#Cc1ccc(C(=O)NC2CCCCCC2)nc1. The van der Waals surface area contributed by atoms with Crippen LogP contribution in [0.4, 0.5) is 0 Å². The number of pyridine rings is 1. The highest BCUT2D eigenvalue weighted by Gasteiger charge is 2.16. The minimum atomic E-state index is -0.133. The second kappa shape index (κ2) is 6.15. The first kappa shape index (κ1) is 12.6.